The highest BCUT2D eigenvalue weighted by atomic mass is 35.5. The largest absolute Gasteiger partial charge is 0.492 e. The van der Waals surface area contributed by atoms with Crippen molar-refractivity contribution < 1.29 is 14.3 Å². The number of urea groups is 1. The summed E-state index contributed by atoms with van der Waals surface area (Å²) in [5.41, 5.74) is 0.713. The van der Waals surface area contributed by atoms with Crippen molar-refractivity contribution in [1.29, 1.82) is 0 Å². The quantitative estimate of drug-likeness (QED) is 0.745. The predicted molar refractivity (Wildman–Crippen MR) is 105 cm³/mol. The number of para-hydroxylation sites is 1. The van der Waals surface area contributed by atoms with Gasteiger partial charge in [0.15, 0.2) is 0 Å². The molecule has 2 aromatic rings. The number of nitrogens with zero attached hydrogens (tertiary/aromatic N) is 1. The Labute approximate surface area is 163 Å². The van der Waals surface area contributed by atoms with Crippen LogP contribution in [0.5, 0.6) is 5.75 Å². The molecular weight excluding hydrogens is 366 g/mol. The maximum Gasteiger partial charge on any atom is 0.322 e. The lowest BCUT2D eigenvalue weighted by Crippen LogP contribution is -2.48. The Balaban J connectivity index is 1.45. The van der Waals surface area contributed by atoms with Crippen molar-refractivity contribution in [3.63, 3.8) is 0 Å². The van der Waals surface area contributed by atoms with Crippen molar-refractivity contribution in [1.82, 2.24) is 10.2 Å². The van der Waals surface area contributed by atoms with Gasteiger partial charge in [-0.15, -0.1) is 0 Å². The second-order valence-electron chi connectivity index (χ2n) is 6.24. The number of amides is 3. The molecule has 7 heteroatoms. The van der Waals surface area contributed by atoms with Gasteiger partial charge in [0.25, 0.3) is 0 Å². The van der Waals surface area contributed by atoms with Gasteiger partial charge in [0.1, 0.15) is 18.4 Å². The molecule has 1 aliphatic rings. The summed E-state index contributed by atoms with van der Waals surface area (Å²) in [6, 6.07) is 15.6. The van der Waals surface area contributed by atoms with Crippen LogP contribution in [0.2, 0.25) is 5.02 Å². The number of carbonyl (C=O) groups excluding carboxylic acids is 2. The third kappa shape index (κ3) is 5.37. The average molecular weight is 388 g/mol. The summed E-state index contributed by atoms with van der Waals surface area (Å²) in [5, 5.41) is 6.32. The van der Waals surface area contributed by atoms with Gasteiger partial charge in [-0.1, -0.05) is 29.8 Å². The molecule has 0 aromatic heterocycles. The van der Waals surface area contributed by atoms with Crippen molar-refractivity contribution >= 4 is 29.2 Å². The number of benzene rings is 2. The molecule has 2 aromatic carbocycles. The Hall–Kier alpha value is -2.73. The summed E-state index contributed by atoms with van der Waals surface area (Å²) in [7, 11) is 0. The van der Waals surface area contributed by atoms with Gasteiger partial charge >= 0.3 is 6.03 Å². The van der Waals surface area contributed by atoms with E-state index in [9.17, 15) is 9.59 Å². The monoisotopic (exact) mass is 387 g/mol. The van der Waals surface area contributed by atoms with E-state index in [0.29, 0.717) is 42.6 Å². The molecule has 3 rings (SSSR count). The van der Waals surface area contributed by atoms with E-state index in [4.69, 9.17) is 16.3 Å². The summed E-state index contributed by atoms with van der Waals surface area (Å²) in [4.78, 5) is 26.5. The molecule has 1 unspecified atom stereocenters. The lowest BCUT2D eigenvalue weighted by Gasteiger charge is -2.24. The van der Waals surface area contributed by atoms with Crippen molar-refractivity contribution in [2.75, 3.05) is 25.0 Å². The number of nitrogens with one attached hydrogen (secondary N) is 2. The van der Waals surface area contributed by atoms with Crippen LogP contribution in [0.25, 0.3) is 0 Å². The van der Waals surface area contributed by atoms with Gasteiger partial charge < -0.3 is 20.3 Å². The zero-order valence-corrected chi connectivity index (χ0v) is 15.6. The molecular formula is C20H22ClN3O3. The third-order valence-corrected chi connectivity index (χ3v) is 4.58. The molecule has 1 fully saturated rings. The first kappa shape index (κ1) is 19.0. The zero-order valence-electron chi connectivity index (χ0n) is 14.9. The van der Waals surface area contributed by atoms with Crippen LogP contribution in [-0.2, 0) is 4.79 Å². The number of rotatable bonds is 6. The number of halogens is 1. The van der Waals surface area contributed by atoms with Crippen molar-refractivity contribution in [3.05, 3.63) is 59.6 Å². The first-order valence-corrected chi connectivity index (χ1v) is 9.30. The Bertz CT molecular complexity index is 768. The van der Waals surface area contributed by atoms with E-state index >= 15 is 0 Å². The molecule has 2 N–H and O–H groups in total. The smallest absolute Gasteiger partial charge is 0.322 e. The van der Waals surface area contributed by atoms with Crippen LogP contribution in [0.15, 0.2) is 54.6 Å². The lowest BCUT2D eigenvalue weighted by atomic mass is 10.2. The van der Waals surface area contributed by atoms with Gasteiger partial charge in [-0.25, -0.2) is 4.79 Å². The van der Waals surface area contributed by atoms with Crippen LogP contribution < -0.4 is 15.4 Å². The Kier molecular flexibility index (Phi) is 6.54. The normalized spacial score (nSPS) is 16.0. The van der Waals surface area contributed by atoms with Crippen LogP contribution in [0.1, 0.15) is 12.8 Å². The zero-order chi connectivity index (χ0) is 19.1. The highest BCUT2D eigenvalue weighted by Crippen LogP contribution is 2.19. The topological polar surface area (TPSA) is 70.7 Å². The Morgan fingerprint density at radius 3 is 2.59 bits per heavy atom. The van der Waals surface area contributed by atoms with Gasteiger partial charge in [0, 0.05) is 17.3 Å². The SMILES string of the molecule is O=C(NCCOc1ccc(Cl)cc1)C1CCCN1C(=O)Nc1ccccc1. The minimum absolute atomic E-state index is 0.157. The van der Waals surface area contributed by atoms with Crippen LogP contribution in [0.3, 0.4) is 0 Å². The van der Waals surface area contributed by atoms with E-state index in [1.807, 2.05) is 30.3 Å². The average Bonchev–Trinajstić information content (AvgIpc) is 3.17. The van der Waals surface area contributed by atoms with E-state index in [1.165, 1.54) is 0 Å². The number of anilines is 1. The minimum Gasteiger partial charge on any atom is -0.492 e. The molecule has 142 valence electrons. The predicted octanol–water partition coefficient (Wildman–Crippen LogP) is 3.53. The molecule has 0 spiro atoms. The molecule has 6 nitrogen and oxygen atoms in total. The Morgan fingerprint density at radius 1 is 1.11 bits per heavy atom. The molecule has 0 radical (unpaired) electrons. The van der Waals surface area contributed by atoms with Crippen LogP contribution >= 0.6 is 11.6 Å². The highest BCUT2D eigenvalue weighted by molar-refractivity contribution is 6.30. The van der Waals surface area contributed by atoms with Crippen LogP contribution in [-0.4, -0.2) is 42.6 Å². The first-order valence-electron chi connectivity index (χ1n) is 8.92. The lowest BCUT2D eigenvalue weighted by molar-refractivity contribution is -0.124. The number of likely N-dealkylation sites (tertiary alicyclic amines) is 1. The van der Waals surface area contributed by atoms with E-state index in [-0.39, 0.29) is 11.9 Å². The van der Waals surface area contributed by atoms with Gasteiger partial charge in [0.05, 0.1) is 6.54 Å². The number of hydrogen-bond donors (Lipinski definition) is 2. The standard InChI is InChI=1S/C20H22ClN3O3/c21-15-8-10-17(11-9-15)27-14-12-22-19(25)18-7-4-13-24(18)20(26)23-16-5-2-1-3-6-16/h1-3,5-6,8-11,18H,4,7,12-14H2,(H,22,25)(H,23,26). The van der Waals surface area contributed by atoms with E-state index in [2.05, 4.69) is 10.6 Å². The summed E-state index contributed by atoms with van der Waals surface area (Å²) >= 11 is 5.83. The van der Waals surface area contributed by atoms with Gasteiger partial charge in [-0.2, -0.15) is 0 Å². The Morgan fingerprint density at radius 2 is 1.85 bits per heavy atom. The second kappa shape index (κ2) is 9.28. The molecule has 0 aliphatic carbocycles. The van der Waals surface area contributed by atoms with Crippen LogP contribution in [0.4, 0.5) is 10.5 Å². The first-order chi connectivity index (χ1) is 13.1. The molecule has 0 saturated carbocycles. The van der Waals surface area contributed by atoms with Gasteiger partial charge in [-0.05, 0) is 49.2 Å². The summed E-state index contributed by atoms with van der Waals surface area (Å²) < 4.78 is 5.56. The summed E-state index contributed by atoms with van der Waals surface area (Å²) in [5.74, 6) is 0.536. The fourth-order valence-corrected chi connectivity index (χ4v) is 3.12. The highest BCUT2D eigenvalue weighted by Gasteiger charge is 2.33. The van der Waals surface area contributed by atoms with E-state index in [0.717, 1.165) is 6.42 Å². The van der Waals surface area contributed by atoms with Crippen molar-refractivity contribution in [2.45, 2.75) is 18.9 Å². The molecule has 1 atom stereocenters. The number of ether oxygens (including phenoxy) is 1. The second-order valence-corrected chi connectivity index (χ2v) is 6.68. The van der Waals surface area contributed by atoms with E-state index in [1.54, 1.807) is 29.2 Å². The van der Waals surface area contributed by atoms with Crippen molar-refractivity contribution in [2.24, 2.45) is 0 Å². The minimum atomic E-state index is -0.454. The van der Waals surface area contributed by atoms with E-state index < -0.39 is 6.04 Å². The molecule has 1 aliphatic heterocycles. The maximum absolute atomic E-state index is 12.5. The summed E-state index contributed by atoms with van der Waals surface area (Å²) in [6.07, 6.45) is 1.47. The fraction of sp³-hybridized carbons (Fsp3) is 0.300. The molecule has 0 bridgehead atoms. The fourth-order valence-electron chi connectivity index (χ4n) is 2.99. The molecule has 1 heterocycles. The molecule has 1 saturated heterocycles. The van der Waals surface area contributed by atoms with Gasteiger partial charge in [-0.3, -0.25) is 4.79 Å². The number of hydrogen-bond acceptors (Lipinski definition) is 3. The molecule has 27 heavy (non-hydrogen) atoms. The molecule has 3 amide bonds. The third-order valence-electron chi connectivity index (χ3n) is 4.33. The van der Waals surface area contributed by atoms with Crippen molar-refractivity contribution in [3.8, 4) is 5.75 Å². The number of carbonyl (C=O) groups is 2. The summed E-state index contributed by atoms with van der Waals surface area (Å²) in [6.45, 7) is 1.28. The maximum atomic E-state index is 12.5. The van der Waals surface area contributed by atoms with Crippen LogP contribution in [0, 0.1) is 0 Å². The van der Waals surface area contributed by atoms with Gasteiger partial charge in [0.2, 0.25) is 5.91 Å².